The van der Waals surface area contributed by atoms with Gasteiger partial charge in [0.15, 0.2) is 0 Å². The predicted molar refractivity (Wildman–Crippen MR) is 83.9 cm³/mol. The Kier molecular flexibility index (Phi) is 4.73. The lowest BCUT2D eigenvalue weighted by atomic mass is 10.3. The van der Waals surface area contributed by atoms with Crippen LogP contribution in [0.2, 0.25) is 0 Å². The summed E-state index contributed by atoms with van der Waals surface area (Å²) in [5, 5.41) is -0.239. The van der Waals surface area contributed by atoms with Crippen LogP contribution in [0.1, 0.15) is 24.5 Å². The van der Waals surface area contributed by atoms with Crippen LogP contribution in [0.3, 0.4) is 0 Å². The molecule has 21 heavy (non-hydrogen) atoms. The van der Waals surface area contributed by atoms with Gasteiger partial charge in [-0.2, -0.15) is 0 Å². The van der Waals surface area contributed by atoms with Crippen molar-refractivity contribution in [3.05, 3.63) is 24.0 Å². The Hall–Kier alpha value is -1.75. The van der Waals surface area contributed by atoms with Crippen LogP contribution in [0.25, 0.3) is 11.0 Å². The maximum absolute atomic E-state index is 11.8. The van der Waals surface area contributed by atoms with E-state index >= 15 is 0 Å². The quantitative estimate of drug-likeness (QED) is 0.798. The van der Waals surface area contributed by atoms with E-state index < -0.39 is 0 Å². The molecule has 114 valence electrons. The summed E-state index contributed by atoms with van der Waals surface area (Å²) in [7, 11) is 5.12. The molecule has 1 aromatic heterocycles. The largest absolute Gasteiger partial charge is 0.494 e. The molecule has 1 amide bonds. The Morgan fingerprint density at radius 3 is 2.76 bits per heavy atom. The third kappa shape index (κ3) is 3.13. The average molecular weight is 310 g/mol. The molecule has 0 aliphatic rings. The zero-order valence-corrected chi connectivity index (χ0v) is 13.5. The van der Waals surface area contributed by atoms with Gasteiger partial charge < -0.3 is 14.2 Å². The number of halogens is 1. The second kappa shape index (κ2) is 6.35. The van der Waals surface area contributed by atoms with E-state index in [0.717, 1.165) is 16.9 Å². The van der Waals surface area contributed by atoms with E-state index in [0.29, 0.717) is 18.7 Å². The van der Waals surface area contributed by atoms with Gasteiger partial charge in [-0.1, -0.05) is 6.07 Å². The maximum Gasteiger partial charge on any atom is 0.223 e. The highest BCUT2D eigenvalue weighted by Gasteiger charge is 2.18. The van der Waals surface area contributed by atoms with Crippen LogP contribution in [0.4, 0.5) is 0 Å². The monoisotopic (exact) mass is 309 g/mol. The number of nitrogens with zero attached hydrogens (tertiary/aromatic N) is 3. The van der Waals surface area contributed by atoms with Crippen molar-refractivity contribution in [3.63, 3.8) is 0 Å². The molecule has 0 N–H and O–H groups in total. The van der Waals surface area contributed by atoms with Gasteiger partial charge >= 0.3 is 0 Å². The molecule has 0 aliphatic heterocycles. The van der Waals surface area contributed by atoms with E-state index in [9.17, 15) is 4.79 Å². The summed E-state index contributed by atoms with van der Waals surface area (Å²) in [5.74, 6) is 1.54. The second-order valence-corrected chi connectivity index (χ2v) is 5.76. The number of para-hydroxylation sites is 1. The summed E-state index contributed by atoms with van der Waals surface area (Å²) in [4.78, 5) is 18.0. The first-order valence-corrected chi connectivity index (χ1v) is 7.26. The van der Waals surface area contributed by atoms with Crippen LogP contribution in [-0.2, 0) is 11.3 Å². The first-order valence-electron chi connectivity index (χ1n) is 6.83. The average Bonchev–Trinajstić information content (AvgIpc) is 2.83. The fourth-order valence-corrected chi connectivity index (χ4v) is 2.44. The summed E-state index contributed by atoms with van der Waals surface area (Å²) >= 11 is 6.23. The first kappa shape index (κ1) is 15.6. The van der Waals surface area contributed by atoms with Crippen molar-refractivity contribution >= 4 is 28.5 Å². The fraction of sp³-hybridized carbons (Fsp3) is 0.467. The molecule has 2 aromatic rings. The highest BCUT2D eigenvalue weighted by Crippen LogP contribution is 2.30. The summed E-state index contributed by atoms with van der Waals surface area (Å²) in [6.07, 6.45) is 0.409. The van der Waals surface area contributed by atoms with Gasteiger partial charge in [0, 0.05) is 27.1 Å². The van der Waals surface area contributed by atoms with Gasteiger partial charge in [-0.05, 0) is 19.1 Å². The molecule has 6 heteroatoms. The number of carbonyl (C=O) groups is 1. The van der Waals surface area contributed by atoms with Crippen molar-refractivity contribution in [1.82, 2.24) is 14.5 Å². The first-order chi connectivity index (χ1) is 9.95. The number of carbonyl (C=O) groups excluding carboxylic acids is 1. The van der Waals surface area contributed by atoms with E-state index in [-0.39, 0.29) is 11.3 Å². The Balaban J connectivity index is 2.44. The molecule has 2 rings (SSSR count). The Morgan fingerprint density at radius 1 is 1.48 bits per heavy atom. The van der Waals surface area contributed by atoms with Crippen LogP contribution in [-0.4, -0.2) is 41.6 Å². The topological polar surface area (TPSA) is 47.4 Å². The van der Waals surface area contributed by atoms with Gasteiger partial charge in [-0.3, -0.25) is 4.79 Å². The molecule has 0 spiro atoms. The molecule has 0 bridgehead atoms. The molecule has 1 aromatic carbocycles. The highest BCUT2D eigenvalue weighted by atomic mass is 35.5. The number of rotatable bonds is 5. The van der Waals surface area contributed by atoms with E-state index in [4.69, 9.17) is 16.3 Å². The van der Waals surface area contributed by atoms with Crippen LogP contribution >= 0.6 is 11.6 Å². The fourth-order valence-electron chi connectivity index (χ4n) is 2.27. The summed E-state index contributed by atoms with van der Waals surface area (Å²) in [6.45, 7) is 2.42. The van der Waals surface area contributed by atoms with E-state index in [1.807, 2.05) is 29.7 Å². The number of aryl methyl sites for hydroxylation is 1. The van der Waals surface area contributed by atoms with Gasteiger partial charge in [0.05, 0.1) is 18.0 Å². The molecule has 0 saturated heterocycles. The molecule has 1 heterocycles. The lowest BCUT2D eigenvalue weighted by molar-refractivity contribution is -0.128. The predicted octanol–water partition coefficient (Wildman–Crippen LogP) is 2.82. The van der Waals surface area contributed by atoms with Gasteiger partial charge in [-0.15, -0.1) is 11.6 Å². The van der Waals surface area contributed by atoms with E-state index in [1.54, 1.807) is 26.1 Å². The van der Waals surface area contributed by atoms with Crippen LogP contribution in [0.5, 0.6) is 5.75 Å². The van der Waals surface area contributed by atoms with Gasteiger partial charge in [0.25, 0.3) is 0 Å². The van der Waals surface area contributed by atoms with E-state index in [2.05, 4.69) is 4.98 Å². The van der Waals surface area contributed by atoms with Crippen molar-refractivity contribution in [2.45, 2.75) is 25.3 Å². The number of fused-ring (bicyclic) bond motifs is 1. The molecule has 1 unspecified atom stereocenters. The molecular formula is C15H20ClN3O2. The molecule has 0 radical (unpaired) electrons. The second-order valence-electron chi connectivity index (χ2n) is 5.10. The minimum atomic E-state index is -0.239. The number of hydrogen-bond donors (Lipinski definition) is 0. The number of alkyl halides is 1. The van der Waals surface area contributed by atoms with Gasteiger partial charge in [0.1, 0.15) is 17.1 Å². The van der Waals surface area contributed by atoms with Gasteiger partial charge in [-0.25, -0.2) is 4.98 Å². The Bertz CT molecular complexity index is 650. The lowest BCUT2D eigenvalue weighted by Gasteiger charge is -2.13. The molecule has 5 nitrogen and oxygen atoms in total. The molecular weight excluding hydrogens is 290 g/mol. The zero-order chi connectivity index (χ0) is 15.6. The minimum absolute atomic E-state index is 0.0768. The smallest absolute Gasteiger partial charge is 0.223 e. The Morgan fingerprint density at radius 2 is 2.19 bits per heavy atom. The maximum atomic E-state index is 11.8. The standard InChI is InChI=1S/C15H20ClN3O2/c1-10(16)15-17-14-11(6-5-7-12(14)21-4)19(15)9-8-13(20)18(2)3/h5-7,10H,8-9H2,1-4H3. The van der Waals surface area contributed by atoms with Crippen molar-refractivity contribution in [2.75, 3.05) is 21.2 Å². The molecule has 0 aliphatic carbocycles. The van der Waals surface area contributed by atoms with Gasteiger partial charge in [0.2, 0.25) is 5.91 Å². The number of imidazole rings is 1. The third-order valence-corrected chi connectivity index (χ3v) is 3.59. The Labute approximate surface area is 129 Å². The zero-order valence-electron chi connectivity index (χ0n) is 12.8. The van der Waals surface area contributed by atoms with Crippen molar-refractivity contribution < 1.29 is 9.53 Å². The SMILES string of the molecule is COc1cccc2c1nc(C(C)Cl)n2CCC(=O)N(C)C. The normalized spacial score (nSPS) is 12.4. The summed E-state index contributed by atoms with van der Waals surface area (Å²) < 4.78 is 7.34. The number of hydrogen-bond acceptors (Lipinski definition) is 3. The number of amides is 1. The minimum Gasteiger partial charge on any atom is -0.494 e. The van der Waals surface area contributed by atoms with Crippen molar-refractivity contribution in [1.29, 1.82) is 0 Å². The van der Waals surface area contributed by atoms with Crippen LogP contribution in [0.15, 0.2) is 18.2 Å². The number of aromatic nitrogens is 2. The van der Waals surface area contributed by atoms with Crippen molar-refractivity contribution in [3.8, 4) is 5.75 Å². The van der Waals surface area contributed by atoms with Crippen LogP contribution < -0.4 is 4.74 Å². The van der Waals surface area contributed by atoms with Crippen molar-refractivity contribution in [2.24, 2.45) is 0 Å². The lowest BCUT2D eigenvalue weighted by Crippen LogP contribution is -2.23. The number of ether oxygens (including phenoxy) is 1. The summed E-state index contributed by atoms with van der Waals surface area (Å²) in [6, 6.07) is 5.75. The molecule has 1 atom stereocenters. The third-order valence-electron chi connectivity index (χ3n) is 3.40. The number of methoxy groups -OCH3 is 1. The number of benzene rings is 1. The summed E-state index contributed by atoms with van der Waals surface area (Å²) in [5.41, 5.74) is 1.71. The molecule has 0 fully saturated rings. The van der Waals surface area contributed by atoms with E-state index in [1.165, 1.54) is 0 Å². The molecule has 0 saturated carbocycles. The highest BCUT2D eigenvalue weighted by molar-refractivity contribution is 6.20. The van der Waals surface area contributed by atoms with Crippen LogP contribution in [0, 0.1) is 0 Å².